The molecule has 0 radical (unpaired) electrons. The Kier molecular flexibility index (Phi) is 4.46. The number of hydrogen-bond acceptors (Lipinski definition) is 3. The van der Waals surface area contributed by atoms with Gasteiger partial charge < -0.3 is 10.0 Å². The second-order valence-electron chi connectivity index (χ2n) is 5.44. The molecular weight excluding hydrogens is 315 g/mol. The molecule has 0 saturated carbocycles. The van der Waals surface area contributed by atoms with Crippen LogP contribution < -0.4 is 4.90 Å². The summed E-state index contributed by atoms with van der Waals surface area (Å²) in [5.41, 5.74) is 0.658. The van der Waals surface area contributed by atoms with Gasteiger partial charge in [0.2, 0.25) is 0 Å². The van der Waals surface area contributed by atoms with Crippen LogP contribution in [0.4, 0.5) is 10.2 Å². The molecule has 1 N–H and O–H groups in total. The summed E-state index contributed by atoms with van der Waals surface area (Å²) in [6, 6.07) is 15.5. The van der Waals surface area contributed by atoms with E-state index in [0.29, 0.717) is 23.1 Å². The third kappa shape index (κ3) is 3.44. The van der Waals surface area contributed by atoms with Crippen LogP contribution >= 0.6 is 11.6 Å². The van der Waals surface area contributed by atoms with Crippen LogP contribution in [-0.4, -0.2) is 23.7 Å². The van der Waals surface area contributed by atoms with Gasteiger partial charge >= 0.3 is 0 Å². The molecule has 0 saturated heterocycles. The minimum atomic E-state index is -0.743. The number of likely N-dealkylation sites (N-methyl/N-ethyl adjacent to an activating group) is 1. The zero-order valence-electron chi connectivity index (χ0n) is 12.6. The van der Waals surface area contributed by atoms with Crippen molar-refractivity contribution in [1.82, 2.24) is 4.98 Å². The minimum absolute atomic E-state index is 0.322. The number of aliphatic hydroxyl groups is 1. The molecule has 0 aliphatic carbocycles. The fourth-order valence-electron chi connectivity index (χ4n) is 2.48. The molecule has 0 fully saturated rings. The summed E-state index contributed by atoms with van der Waals surface area (Å²) in [4.78, 5) is 6.21. The maximum Gasteiger partial charge on any atom is 0.139 e. The van der Waals surface area contributed by atoms with Gasteiger partial charge in [-0.1, -0.05) is 48.0 Å². The third-order valence-corrected chi connectivity index (χ3v) is 4.06. The first-order valence-electron chi connectivity index (χ1n) is 7.24. The topological polar surface area (TPSA) is 36.4 Å². The third-order valence-electron chi connectivity index (χ3n) is 3.77. The highest BCUT2D eigenvalue weighted by Gasteiger charge is 2.14. The highest BCUT2D eigenvalue weighted by atomic mass is 35.5. The van der Waals surface area contributed by atoms with E-state index in [1.807, 2.05) is 42.3 Å². The first kappa shape index (κ1) is 15.7. The van der Waals surface area contributed by atoms with Gasteiger partial charge in [0.1, 0.15) is 16.8 Å². The molecule has 3 aromatic rings. The van der Waals surface area contributed by atoms with E-state index in [-0.39, 0.29) is 5.82 Å². The lowest BCUT2D eigenvalue weighted by Crippen LogP contribution is -2.25. The highest BCUT2D eigenvalue weighted by molar-refractivity contribution is 6.34. The summed E-state index contributed by atoms with van der Waals surface area (Å²) in [7, 11) is 1.83. The second kappa shape index (κ2) is 6.52. The number of pyridine rings is 1. The van der Waals surface area contributed by atoms with Gasteiger partial charge in [-0.2, -0.15) is 0 Å². The van der Waals surface area contributed by atoms with Gasteiger partial charge in [-0.25, -0.2) is 9.37 Å². The largest absolute Gasteiger partial charge is 0.387 e. The number of halogens is 2. The highest BCUT2D eigenvalue weighted by Crippen LogP contribution is 2.26. The molecule has 1 heterocycles. The van der Waals surface area contributed by atoms with Crippen LogP contribution in [0.2, 0.25) is 5.15 Å². The van der Waals surface area contributed by atoms with Crippen molar-refractivity contribution in [2.24, 2.45) is 0 Å². The summed E-state index contributed by atoms with van der Waals surface area (Å²) in [6.07, 6.45) is -0.743. The molecule has 5 heteroatoms. The smallest absolute Gasteiger partial charge is 0.139 e. The lowest BCUT2D eigenvalue weighted by Gasteiger charge is -2.22. The van der Waals surface area contributed by atoms with E-state index in [9.17, 15) is 9.50 Å². The number of aromatic nitrogens is 1. The normalized spacial score (nSPS) is 12.3. The number of hydrogen-bond donors (Lipinski definition) is 1. The molecule has 3 nitrogen and oxygen atoms in total. The Labute approximate surface area is 139 Å². The van der Waals surface area contributed by atoms with Gasteiger partial charge in [-0.05, 0) is 29.1 Å². The molecular formula is C18H16ClFN2O. The number of anilines is 1. The summed E-state index contributed by atoms with van der Waals surface area (Å²) in [5, 5.41) is 12.6. The Morgan fingerprint density at radius 1 is 1.17 bits per heavy atom. The summed E-state index contributed by atoms with van der Waals surface area (Å²) in [5.74, 6) is 0.354. The fourth-order valence-corrected chi connectivity index (χ4v) is 2.74. The molecule has 2 aromatic carbocycles. The van der Waals surface area contributed by atoms with Crippen LogP contribution in [0.1, 0.15) is 11.7 Å². The lowest BCUT2D eigenvalue weighted by atomic mass is 10.1. The van der Waals surface area contributed by atoms with Crippen molar-refractivity contribution in [2.75, 3.05) is 18.5 Å². The van der Waals surface area contributed by atoms with Crippen molar-refractivity contribution in [3.05, 3.63) is 71.1 Å². The van der Waals surface area contributed by atoms with Crippen LogP contribution in [0.15, 0.2) is 54.6 Å². The molecule has 0 aliphatic rings. The van der Waals surface area contributed by atoms with E-state index in [1.165, 1.54) is 12.1 Å². The van der Waals surface area contributed by atoms with E-state index in [0.717, 1.165) is 10.8 Å². The zero-order valence-corrected chi connectivity index (χ0v) is 13.3. The van der Waals surface area contributed by atoms with Crippen LogP contribution in [0.5, 0.6) is 0 Å². The standard InChI is InChI=1S/C18H16ClFN2O/c1-22(11-16(23)12-6-8-14(20)9-7-12)17-10-13-4-2-3-5-15(13)18(19)21-17/h2-10,16,23H,11H2,1H3. The van der Waals surface area contributed by atoms with Crippen LogP contribution in [0.25, 0.3) is 10.8 Å². The van der Waals surface area contributed by atoms with Crippen LogP contribution in [-0.2, 0) is 0 Å². The van der Waals surface area contributed by atoms with Crippen LogP contribution in [0.3, 0.4) is 0 Å². The van der Waals surface area contributed by atoms with E-state index in [2.05, 4.69) is 4.98 Å². The summed E-state index contributed by atoms with van der Waals surface area (Å²) >= 11 is 6.24. The molecule has 0 bridgehead atoms. The monoisotopic (exact) mass is 330 g/mol. The average Bonchev–Trinajstić information content (AvgIpc) is 2.55. The number of aliphatic hydroxyl groups excluding tert-OH is 1. The Balaban J connectivity index is 1.82. The maximum atomic E-state index is 13.0. The summed E-state index contributed by atoms with van der Waals surface area (Å²) < 4.78 is 13.0. The average molecular weight is 331 g/mol. The molecule has 0 aliphatic heterocycles. The first-order valence-corrected chi connectivity index (χ1v) is 7.62. The number of benzene rings is 2. The Morgan fingerprint density at radius 3 is 2.61 bits per heavy atom. The SMILES string of the molecule is CN(CC(O)c1ccc(F)cc1)c1cc2ccccc2c(Cl)n1. The first-order chi connectivity index (χ1) is 11.0. The molecule has 3 rings (SSSR count). The Hall–Kier alpha value is -2.17. The minimum Gasteiger partial charge on any atom is -0.387 e. The van der Waals surface area contributed by atoms with Gasteiger partial charge in [0, 0.05) is 19.0 Å². The van der Waals surface area contributed by atoms with Crippen molar-refractivity contribution in [3.8, 4) is 0 Å². The van der Waals surface area contributed by atoms with Crippen molar-refractivity contribution in [2.45, 2.75) is 6.10 Å². The second-order valence-corrected chi connectivity index (χ2v) is 5.80. The number of fused-ring (bicyclic) bond motifs is 1. The molecule has 0 spiro atoms. The molecule has 1 atom stereocenters. The predicted molar refractivity (Wildman–Crippen MR) is 91.4 cm³/mol. The Bertz CT molecular complexity index is 823. The summed E-state index contributed by atoms with van der Waals surface area (Å²) in [6.45, 7) is 0.327. The number of rotatable bonds is 4. The maximum absolute atomic E-state index is 13.0. The van der Waals surface area contributed by atoms with Crippen LogP contribution in [0, 0.1) is 5.82 Å². The molecule has 1 aromatic heterocycles. The molecule has 23 heavy (non-hydrogen) atoms. The van der Waals surface area contributed by atoms with Gasteiger partial charge in [0.15, 0.2) is 0 Å². The zero-order chi connectivity index (χ0) is 16.4. The lowest BCUT2D eigenvalue weighted by molar-refractivity contribution is 0.184. The van der Waals surface area contributed by atoms with Gasteiger partial charge in [-0.15, -0.1) is 0 Å². The Morgan fingerprint density at radius 2 is 1.87 bits per heavy atom. The van der Waals surface area contributed by atoms with E-state index >= 15 is 0 Å². The van der Waals surface area contributed by atoms with Crippen molar-refractivity contribution in [1.29, 1.82) is 0 Å². The predicted octanol–water partition coefficient (Wildman–Crippen LogP) is 4.20. The molecule has 0 amide bonds. The van der Waals surface area contributed by atoms with Gasteiger partial charge in [-0.3, -0.25) is 0 Å². The van der Waals surface area contributed by atoms with Crippen molar-refractivity contribution >= 4 is 28.2 Å². The molecule has 118 valence electrons. The molecule has 1 unspecified atom stereocenters. The fraction of sp³-hybridized carbons (Fsp3) is 0.167. The van der Waals surface area contributed by atoms with Gasteiger partial charge in [0.05, 0.1) is 6.10 Å². The van der Waals surface area contributed by atoms with E-state index in [4.69, 9.17) is 11.6 Å². The number of nitrogens with zero attached hydrogens (tertiary/aromatic N) is 2. The van der Waals surface area contributed by atoms with Crippen molar-refractivity contribution in [3.63, 3.8) is 0 Å². The van der Waals surface area contributed by atoms with E-state index in [1.54, 1.807) is 12.1 Å². The van der Waals surface area contributed by atoms with Gasteiger partial charge in [0.25, 0.3) is 0 Å². The van der Waals surface area contributed by atoms with Crippen molar-refractivity contribution < 1.29 is 9.50 Å². The van der Waals surface area contributed by atoms with E-state index < -0.39 is 6.10 Å². The quantitative estimate of drug-likeness (QED) is 0.728.